The Bertz CT molecular complexity index is 992. The van der Waals surface area contributed by atoms with Crippen LogP contribution in [0.2, 0.25) is 0 Å². The second kappa shape index (κ2) is 4.77. The molecule has 5 nitrogen and oxygen atoms in total. The number of pyridine rings is 2. The van der Waals surface area contributed by atoms with Crippen molar-refractivity contribution in [3.05, 3.63) is 54.2 Å². The van der Waals surface area contributed by atoms with E-state index in [0.717, 1.165) is 27.8 Å². The number of nitrogens with zero attached hydrogens (tertiary/aromatic N) is 3. The molecule has 4 rings (SSSR count). The van der Waals surface area contributed by atoms with E-state index in [1.807, 2.05) is 31.2 Å². The molecule has 0 radical (unpaired) electrons. The van der Waals surface area contributed by atoms with Crippen LogP contribution in [0.15, 0.2) is 42.7 Å². The number of aryl methyl sites for hydroxylation is 1. The second-order valence-corrected chi connectivity index (χ2v) is 5.05. The van der Waals surface area contributed by atoms with Gasteiger partial charge < -0.3 is 5.32 Å². The Balaban J connectivity index is 1.80. The van der Waals surface area contributed by atoms with Gasteiger partial charge in [-0.3, -0.25) is 15.1 Å². The van der Waals surface area contributed by atoms with E-state index in [0.29, 0.717) is 11.2 Å². The largest absolute Gasteiger partial charge is 0.337 e. The van der Waals surface area contributed by atoms with E-state index in [9.17, 15) is 4.39 Å². The van der Waals surface area contributed by atoms with Crippen LogP contribution in [0.1, 0.15) is 5.69 Å². The highest BCUT2D eigenvalue weighted by Gasteiger charge is 2.09. The molecular formula is C16H12FN5. The Labute approximate surface area is 125 Å². The summed E-state index contributed by atoms with van der Waals surface area (Å²) in [7, 11) is 0. The summed E-state index contributed by atoms with van der Waals surface area (Å²) in [6, 6.07) is 9.22. The molecule has 6 heteroatoms. The summed E-state index contributed by atoms with van der Waals surface area (Å²) < 4.78 is 14.0. The first-order chi connectivity index (χ1) is 10.7. The lowest BCUT2D eigenvalue weighted by molar-refractivity contribution is 0.633. The van der Waals surface area contributed by atoms with E-state index in [1.165, 1.54) is 6.20 Å². The standard InChI is InChI=1S/C16H12FN5/c1-9-11-5-4-10(7-12(11)13(17)8-19-9)20-16-15-14(21-22-16)3-2-6-18-15/h2-8H,1H3,(H2,20,21,22). The summed E-state index contributed by atoms with van der Waals surface area (Å²) in [5, 5.41) is 11.6. The molecule has 0 bridgehead atoms. The van der Waals surface area contributed by atoms with Gasteiger partial charge in [0.25, 0.3) is 0 Å². The molecule has 0 atom stereocenters. The predicted molar refractivity (Wildman–Crippen MR) is 83.6 cm³/mol. The van der Waals surface area contributed by atoms with Crippen molar-refractivity contribution in [2.45, 2.75) is 6.92 Å². The maximum Gasteiger partial charge on any atom is 0.178 e. The zero-order valence-electron chi connectivity index (χ0n) is 11.8. The van der Waals surface area contributed by atoms with Gasteiger partial charge in [0.2, 0.25) is 0 Å². The molecule has 108 valence electrons. The third kappa shape index (κ3) is 1.96. The molecule has 0 aliphatic heterocycles. The third-order valence-corrected chi connectivity index (χ3v) is 3.62. The van der Waals surface area contributed by atoms with Gasteiger partial charge >= 0.3 is 0 Å². The minimum absolute atomic E-state index is 0.339. The number of hydrogen-bond donors (Lipinski definition) is 2. The molecular weight excluding hydrogens is 281 g/mol. The number of fused-ring (bicyclic) bond motifs is 2. The van der Waals surface area contributed by atoms with Gasteiger partial charge in [-0.15, -0.1) is 0 Å². The van der Waals surface area contributed by atoms with Crippen molar-refractivity contribution >= 4 is 33.3 Å². The van der Waals surface area contributed by atoms with Crippen molar-refractivity contribution in [2.75, 3.05) is 5.32 Å². The second-order valence-electron chi connectivity index (χ2n) is 5.05. The van der Waals surface area contributed by atoms with Crippen LogP contribution in [0.5, 0.6) is 0 Å². The zero-order valence-corrected chi connectivity index (χ0v) is 11.8. The first-order valence-electron chi connectivity index (χ1n) is 6.83. The molecule has 22 heavy (non-hydrogen) atoms. The van der Waals surface area contributed by atoms with Gasteiger partial charge in [0.1, 0.15) is 11.3 Å². The van der Waals surface area contributed by atoms with Crippen LogP contribution in [-0.4, -0.2) is 20.2 Å². The highest BCUT2D eigenvalue weighted by molar-refractivity contribution is 5.91. The summed E-state index contributed by atoms with van der Waals surface area (Å²) >= 11 is 0. The van der Waals surface area contributed by atoms with Crippen LogP contribution in [-0.2, 0) is 0 Å². The molecule has 2 N–H and O–H groups in total. The van der Waals surface area contributed by atoms with Crippen LogP contribution in [0.25, 0.3) is 21.8 Å². The SMILES string of the molecule is Cc1ncc(F)c2cc(Nc3n[nH]c4cccnc34)ccc12. The number of benzene rings is 1. The topological polar surface area (TPSA) is 66.5 Å². The molecule has 0 amide bonds. The van der Waals surface area contributed by atoms with Crippen LogP contribution in [0.4, 0.5) is 15.9 Å². The van der Waals surface area contributed by atoms with E-state index < -0.39 is 0 Å². The third-order valence-electron chi connectivity index (χ3n) is 3.62. The summed E-state index contributed by atoms with van der Waals surface area (Å²) in [4.78, 5) is 8.32. The van der Waals surface area contributed by atoms with E-state index in [4.69, 9.17) is 0 Å². The first kappa shape index (κ1) is 12.7. The predicted octanol–water partition coefficient (Wildman–Crippen LogP) is 3.70. The minimum atomic E-state index is -0.339. The van der Waals surface area contributed by atoms with Crippen molar-refractivity contribution < 1.29 is 4.39 Å². The maximum absolute atomic E-state index is 14.0. The first-order valence-corrected chi connectivity index (χ1v) is 6.83. The zero-order chi connectivity index (χ0) is 15.1. The smallest absolute Gasteiger partial charge is 0.178 e. The fourth-order valence-corrected chi connectivity index (χ4v) is 2.50. The summed E-state index contributed by atoms with van der Waals surface area (Å²) in [6.07, 6.45) is 2.95. The van der Waals surface area contributed by atoms with Crippen molar-refractivity contribution in [3.8, 4) is 0 Å². The molecule has 1 aromatic carbocycles. The summed E-state index contributed by atoms with van der Waals surface area (Å²) in [5.74, 6) is 0.274. The molecule has 3 heterocycles. The Morgan fingerprint density at radius 1 is 1.14 bits per heavy atom. The number of nitrogens with one attached hydrogen (secondary N) is 2. The normalized spacial score (nSPS) is 11.2. The van der Waals surface area contributed by atoms with Crippen LogP contribution < -0.4 is 5.32 Å². The summed E-state index contributed by atoms with van der Waals surface area (Å²) in [6.45, 7) is 1.86. The lowest BCUT2D eigenvalue weighted by Gasteiger charge is -2.07. The molecule has 0 aliphatic rings. The maximum atomic E-state index is 14.0. The van der Waals surface area contributed by atoms with Gasteiger partial charge in [-0.2, -0.15) is 5.10 Å². The number of halogens is 1. The van der Waals surface area contributed by atoms with Crippen molar-refractivity contribution in [3.63, 3.8) is 0 Å². The van der Waals surface area contributed by atoms with E-state index in [1.54, 1.807) is 12.3 Å². The molecule has 4 aromatic rings. The number of aromatic nitrogens is 4. The molecule has 0 spiro atoms. The Morgan fingerprint density at radius 2 is 2.05 bits per heavy atom. The van der Waals surface area contributed by atoms with E-state index >= 15 is 0 Å². The molecule has 0 saturated heterocycles. The van der Waals surface area contributed by atoms with Crippen molar-refractivity contribution in [2.24, 2.45) is 0 Å². The molecule has 3 aromatic heterocycles. The van der Waals surface area contributed by atoms with Crippen LogP contribution >= 0.6 is 0 Å². The fraction of sp³-hybridized carbons (Fsp3) is 0.0625. The van der Waals surface area contributed by atoms with Gasteiger partial charge in [-0.25, -0.2) is 4.39 Å². The number of H-pyrrole nitrogens is 1. The average molecular weight is 293 g/mol. The Morgan fingerprint density at radius 3 is 2.95 bits per heavy atom. The van der Waals surface area contributed by atoms with Gasteiger partial charge in [0.15, 0.2) is 5.82 Å². The quantitative estimate of drug-likeness (QED) is 0.591. The van der Waals surface area contributed by atoms with E-state index in [2.05, 4.69) is 25.5 Å². The fourth-order valence-electron chi connectivity index (χ4n) is 2.50. The average Bonchev–Trinajstić information content (AvgIpc) is 2.94. The number of anilines is 2. The molecule has 0 unspecified atom stereocenters. The number of rotatable bonds is 2. The van der Waals surface area contributed by atoms with Crippen molar-refractivity contribution in [1.82, 2.24) is 20.2 Å². The molecule has 0 aliphatic carbocycles. The molecule has 0 saturated carbocycles. The highest BCUT2D eigenvalue weighted by Crippen LogP contribution is 2.27. The van der Waals surface area contributed by atoms with Gasteiger partial charge in [0, 0.05) is 28.4 Å². The highest BCUT2D eigenvalue weighted by atomic mass is 19.1. The van der Waals surface area contributed by atoms with Crippen molar-refractivity contribution in [1.29, 1.82) is 0 Å². The number of hydrogen-bond acceptors (Lipinski definition) is 4. The van der Waals surface area contributed by atoms with Crippen LogP contribution in [0.3, 0.4) is 0 Å². The summed E-state index contributed by atoms with van der Waals surface area (Å²) in [5.41, 5.74) is 3.14. The monoisotopic (exact) mass is 293 g/mol. The minimum Gasteiger partial charge on any atom is -0.337 e. The van der Waals surface area contributed by atoms with Crippen LogP contribution in [0, 0.1) is 12.7 Å². The van der Waals surface area contributed by atoms with E-state index in [-0.39, 0.29) is 5.82 Å². The number of aromatic amines is 1. The van der Waals surface area contributed by atoms with Gasteiger partial charge in [0.05, 0.1) is 11.7 Å². The molecule has 0 fully saturated rings. The lowest BCUT2D eigenvalue weighted by Crippen LogP contribution is -1.94. The van der Waals surface area contributed by atoms with Gasteiger partial charge in [-0.05, 0) is 31.2 Å². The van der Waals surface area contributed by atoms with Gasteiger partial charge in [-0.1, -0.05) is 6.07 Å². The lowest BCUT2D eigenvalue weighted by atomic mass is 10.1. The Hall–Kier alpha value is -3.02. The Kier molecular flexibility index (Phi) is 2.75.